The Morgan fingerprint density at radius 2 is 1.67 bits per heavy atom. The van der Waals surface area contributed by atoms with Gasteiger partial charge in [-0.3, -0.25) is 9.36 Å². The van der Waals surface area contributed by atoms with E-state index in [1.165, 1.54) is 11.8 Å². The Morgan fingerprint density at radius 1 is 0.967 bits per heavy atom. The average Bonchev–Trinajstić information content (AvgIpc) is 3.27. The molecule has 3 aromatic carbocycles. The molecule has 0 aliphatic carbocycles. The molecule has 2 aromatic heterocycles. The Morgan fingerprint density at radius 3 is 2.43 bits per heavy atom. The molecule has 0 unspecified atom stereocenters. The smallest absolute Gasteiger partial charge is 0.261 e. The molecule has 0 spiro atoms. The van der Waals surface area contributed by atoms with Gasteiger partial charge in [-0.2, -0.15) is 0 Å². The van der Waals surface area contributed by atoms with E-state index in [2.05, 4.69) is 10.2 Å². The fourth-order valence-electron chi connectivity index (χ4n) is 3.35. The third-order valence-corrected chi connectivity index (χ3v) is 6.12. The summed E-state index contributed by atoms with van der Waals surface area (Å²) in [7, 11) is 1.74. The second-order valence-corrected chi connectivity index (χ2v) is 8.35. The van der Waals surface area contributed by atoms with Crippen LogP contribution in [0.4, 0.5) is 0 Å². The van der Waals surface area contributed by atoms with Crippen LogP contribution in [0.1, 0.15) is 18.1 Å². The van der Waals surface area contributed by atoms with Crippen LogP contribution in [-0.4, -0.2) is 19.7 Å². The van der Waals surface area contributed by atoms with E-state index in [9.17, 15) is 4.79 Å². The van der Waals surface area contributed by atoms with Crippen molar-refractivity contribution in [2.45, 2.75) is 17.3 Å². The average molecular weight is 414 g/mol. The first kappa shape index (κ1) is 18.6. The molecule has 30 heavy (non-hydrogen) atoms. The van der Waals surface area contributed by atoms with Gasteiger partial charge in [0.15, 0.2) is 5.16 Å². The number of fused-ring (bicyclic) bond motifs is 2. The summed E-state index contributed by atoms with van der Waals surface area (Å²) in [6.07, 6.45) is 0. The molecule has 1 atom stereocenters. The Hall–Kier alpha value is -3.45. The summed E-state index contributed by atoms with van der Waals surface area (Å²) >= 11 is 1.42. The second-order valence-electron chi connectivity index (χ2n) is 7.05. The zero-order valence-electron chi connectivity index (χ0n) is 16.4. The molecule has 6 nitrogen and oxygen atoms in total. The van der Waals surface area contributed by atoms with Gasteiger partial charge in [0.1, 0.15) is 0 Å². The predicted molar refractivity (Wildman–Crippen MR) is 118 cm³/mol. The molecular weight excluding hydrogens is 396 g/mol. The second kappa shape index (κ2) is 7.42. The molecule has 0 aliphatic rings. The van der Waals surface area contributed by atoms with Crippen molar-refractivity contribution in [2.75, 3.05) is 0 Å². The van der Waals surface area contributed by atoms with Gasteiger partial charge in [0, 0.05) is 12.6 Å². The van der Waals surface area contributed by atoms with E-state index in [1.807, 2.05) is 73.7 Å². The van der Waals surface area contributed by atoms with Crippen LogP contribution in [0.3, 0.4) is 0 Å². The number of benzene rings is 3. The Labute approximate surface area is 176 Å². The zero-order valence-corrected chi connectivity index (χ0v) is 17.3. The minimum Gasteiger partial charge on any atom is -0.419 e. The molecule has 0 radical (unpaired) electrons. The highest BCUT2D eigenvalue weighted by molar-refractivity contribution is 7.99. The molecule has 0 fully saturated rings. The summed E-state index contributed by atoms with van der Waals surface area (Å²) < 4.78 is 7.44. The minimum absolute atomic E-state index is 0.0732. The SMILES string of the molecule is C[C@H](Sc1nc2cc3ccccc3cc2c(=O)n1C)c1nnc(-c2ccccc2)o1. The lowest BCUT2D eigenvalue weighted by Gasteiger charge is -2.12. The van der Waals surface area contributed by atoms with E-state index in [0.717, 1.165) is 16.3 Å². The number of aromatic nitrogens is 4. The molecule has 148 valence electrons. The van der Waals surface area contributed by atoms with E-state index in [0.29, 0.717) is 27.8 Å². The monoisotopic (exact) mass is 414 g/mol. The van der Waals surface area contributed by atoms with Crippen molar-refractivity contribution in [3.05, 3.63) is 83.0 Å². The van der Waals surface area contributed by atoms with E-state index in [1.54, 1.807) is 11.6 Å². The number of hydrogen-bond acceptors (Lipinski definition) is 6. The maximum Gasteiger partial charge on any atom is 0.261 e. The van der Waals surface area contributed by atoms with Crippen molar-refractivity contribution in [1.29, 1.82) is 0 Å². The van der Waals surface area contributed by atoms with Gasteiger partial charge in [0.2, 0.25) is 11.8 Å². The van der Waals surface area contributed by atoms with Crippen molar-refractivity contribution >= 4 is 33.4 Å². The zero-order chi connectivity index (χ0) is 20.7. The van der Waals surface area contributed by atoms with Gasteiger partial charge in [0.25, 0.3) is 5.56 Å². The third-order valence-electron chi connectivity index (χ3n) is 4.99. The Bertz CT molecular complexity index is 1430. The number of hydrogen-bond donors (Lipinski definition) is 0. The molecule has 0 bridgehead atoms. The molecule has 0 N–H and O–H groups in total. The van der Waals surface area contributed by atoms with E-state index in [4.69, 9.17) is 9.40 Å². The fourth-order valence-corrected chi connectivity index (χ4v) is 4.25. The highest BCUT2D eigenvalue weighted by atomic mass is 32.2. The van der Waals surface area contributed by atoms with Gasteiger partial charge in [-0.25, -0.2) is 4.98 Å². The highest BCUT2D eigenvalue weighted by Crippen LogP contribution is 2.34. The van der Waals surface area contributed by atoms with Crippen LogP contribution in [0.2, 0.25) is 0 Å². The molecule has 0 saturated carbocycles. The molecule has 5 aromatic rings. The molecule has 0 saturated heterocycles. The standard InChI is InChI=1S/C23H18N4O2S/c1-14(20-25-26-21(29-20)15-8-4-3-5-9-15)30-23-24-19-13-17-11-7-6-10-16(17)12-18(19)22(28)27(23)2/h3-14H,1-2H3/t14-/m0/s1. The van der Waals surface area contributed by atoms with Gasteiger partial charge < -0.3 is 4.42 Å². The van der Waals surface area contributed by atoms with Crippen LogP contribution in [0.5, 0.6) is 0 Å². The quantitative estimate of drug-likeness (QED) is 0.234. The first-order valence-electron chi connectivity index (χ1n) is 9.55. The number of nitrogens with zero attached hydrogens (tertiary/aromatic N) is 4. The van der Waals surface area contributed by atoms with Gasteiger partial charge in [-0.1, -0.05) is 54.2 Å². The Kier molecular flexibility index (Phi) is 4.59. The first-order valence-corrected chi connectivity index (χ1v) is 10.4. The lowest BCUT2D eigenvalue weighted by molar-refractivity contribution is 0.508. The maximum absolute atomic E-state index is 13.0. The van der Waals surface area contributed by atoms with Crippen LogP contribution in [-0.2, 0) is 7.05 Å². The molecule has 5 rings (SSSR count). The summed E-state index contributed by atoms with van der Waals surface area (Å²) in [6, 6.07) is 21.5. The van der Waals surface area contributed by atoms with Crippen LogP contribution in [0.15, 0.2) is 81.1 Å². The summed E-state index contributed by atoms with van der Waals surface area (Å²) in [6.45, 7) is 1.96. The van der Waals surface area contributed by atoms with Crippen molar-refractivity contribution in [1.82, 2.24) is 19.7 Å². The highest BCUT2D eigenvalue weighted by Gasteiger charge is 2.19. The lowest BCUT2D eigenvalue weighted by atomic mass is 10.1. The van der Waals surface area contributed by atoms with Gasteiger partial charge in [-0.15, -0.1) is 10.2 Å². The summed E-state index contributed by atoms with van der Waals surface area (Å²) in [4.78, 5) is 17.7. The van der Waals surface area contributed by atoms with Crippen molar-refractivity contribution < 1.29 is 4.42 Å². The predicted octanol–water partition coefficient (Wildman–Crippen LogP) is 4.99. The molecular formula is C23H18N4O2S. The van der Waals surface area contributed by atoms with Crippen LogP contribution in [0.25, 0.3) is 33.1 Å². The van der Waals surface area contributed by atoms with Crippen LogP contribution < -0.4 is 5.56 Å². The van der Waals surface area contributed by atoms with Gasteiger partial charge in [-0.05, 0) is 42.0 Å². The summed E-state index contributed by atoms with van der Waals surface area (Å²) in [5, 5.41) is 11.5. The van der Waals surface area contributed by atoms with Gasteiger partial charge >= 0.3 is 0 Å². The first-order chi connectivity index (χ1) is 14.6. The number of thioether (sulfide) groups is 1. The molecule has 7 heteroatoms. The molecule has 2 heterocycles. The van der Waals surface area contributed by atoms with Crippen molar-refractivity contribution in [3.8, 4) is 11.5 Å². The summed E-state index contributed by atoms with van der Waals surface area (Å²) in [5.41, 5.74) is 1.48. The topological polar surface area (TPSA) is 73.8 Å². The fraction of sp³-hybridized carbons (Fsp3) is 0.130. The van der Waals surface area contributed by atoms with E-state index >= 15 is 0 Å². The maximum atomic E-state index is 13.0. The molecule has 0 amide bonds. The van der Waals surface area contributed by atoms with Crippen LogP contribution in [0, 0.1) is 0 Å². The van der Waals surface area contributed by atoms with Gasteiger partial charge in [0.05, 0.1) is 16.2 Å². The van der Waals surface area contributed by atoms with Crippen molar-refractivity contribution in [2.24, 2.45) is 7.05 Å². The molecule has 0 aliphatic heterocycles. The lowest BCUT2D eigenvalue weighted by Crippen LogP contribution is -2.20. The number of rotatable bonds is 4. The normalized spacial score (nSPS) is 12.5. The van der Waals surface area contributed by atoms with E-state index < -0.39 is 0 Å². The summed E-state index contributed by atoms with van der Waals surface area (Å²) in [5.74, 6) is 0.969. The van der Waals surface area contributed by atoms with Crippen molar-refractivity contribution in [3.63, 3.8) is 0 Å². The van der Waals surface area contributed by atoms with Crippen LogP contribution >= 0.6 is 11.8 Å². The third kappa shape index (κ3) is 3.27. The van der Waals surface area contributed by atoms with E-state index in [-0.39, 0.29) is 10.8 Å². The Balaban J connectivity index is 1.50. The minimum atomic E-state index is -0.161. The largest absolute Gasteiger partial charge is 0.419 e.